The van der Waals surface area contributed by atoms with Gasteiger partial charge in [0, 0.05) is 11.8 Å². The van der Waals surface area contributed by atoms with Crippen molar-refractivity contribution in [1.29, 1.82) is 0 Å². The van der Waals surface area contributed by atoms with Gasteiger partial charge < -0.3 is 20.9 Å². The van der Waals surface area contributed by atoms with Crippen molar-refractivity contribution in [2.24, 2.45) is 58.1 Å². The minimum absolute atomic E-state index is 0.375. The maximum absolute atomic E-state index is 11.6. The predicted molar refractivity (Wildman–Crippen MR) is 95.2 cm³/mol. The molecular weight excluding hydrogens is 314 g/mol. The quantitative estimate of drug-likeness (QED) is 0.578. The van der Waals surface area contributed by atoms with Crippen LogP contribution in [0.15, 0.2) is 29.3 Å². The number of nitrogens with two attached hydrogens (primary N) is 1. The van der Waals surface area contributed by atoms with E-state index in [1.165, 1.54) is 12.8 Å². The third-order valence-electron chi connectivity index (χ3n) is 8.36. The summed E-state index contributed by atoms with van der Waals surface area (Å²) in [5.74, 6) is 7.11. The summed E-state index contributed by atoms with van der Waals surface area (Å²) in [5, 5.41) is 14.7. The lowest BCUT2D eigenvalue weighted by Gasteiger charge is -2.51. The van der Waals surface area contributed by atoms with Crippen LogP contribution in [0.2, 0.25) is 0 Å². The molecule has 1 aromatic carbocycles. The van der Waals surface area contributed by atoms with E-state index in [1.54, 1.807) is 7.11 Å². The molecule has 6 rings (SSSR count). The van der Waals surface area contributed by atoms with Crippen LogP contribution in [0.4, 0.5) is 5.69 Å². The highest BCUT2D eigenvalue weighted by atomic mass is 16.5. The standard InChI is InChI=1S/C20H25N3O2/c1-25-10-4-2-3-9(5-10)23-19(21)22-8-20(24)17-12-7-13-15-11(12)6-14(17)16(15)18(13)20/h2-5,11-18,24H,6-8H2,1H3,(H3,21,22,23). The number of nitrogens with one attached hydrogen (secondary N) is 1. The largest absolute Gasteiger partial charge is 0.497 e. The Hall–Kier alpha value is -1.75. The first-order chi connectivity index (χ1) is 12.1. The zero-order valence-corrected chi connectivity index (χ0v) is 14.4. The fraction of sp³-hybridized carbons (Fsp3) is 0.650. The molecule has 9 unspecified atom stereocenters. The maximum Gasteiger partial charge on any atom is 0.193 e. The van der Waals surface area contributed by atoms with Gasteiger partial charge in [0.15, 0.2) is 5.96 Å². The van der Waals surface area contributed by atoms with Gasteiger partial charge in [-0.15, -0.1) is 0 Å². The molecule has 5 aliphatic carbocycles. The van der Waals surface area contributed by atoms with Crippen LogP contribution in [0.1, 0.15) is 12.8 Å². The number of guanidine groups is 1. The second kappa shape index (κ2) is 4.50. The summed E-state index contributed by atoms with van der Waals surface area (Å²) < 4.78 is 5.23. The molecule has 2 bridgehead atoms. The number of nitrogens with zero attached hydrogens (tertiary/aromatic N) is 1. The molecule has 5 fully saturated rings. The topological polar surface area (TPSA) is 79.9 Å². The summed E-state index contributed by atoms with van der Waals surface area (Å²) in [4.78, 5) is 4.56. The van der Waals surface area contributed by atoms with Crippen molar-refractivity contribution in [2.45, 2.75) is 18.4 Å². The number of aliphatic imine (C=N–C) groups is 1. The highest BCUT2D eigenvalue weighted by molar-refractivity contribution is 5.92. The summed E-state index contributed by atoms with van der Waals surface area (Å²) in [6.07, 6.45) is 2.75. The van der Waals surface area contributed by atoms with E-state index in [0.717, 1.165) is 46.9 Å². The minimum Gasteiger partial charge on any atom is -0.497 e. The van der Waals surface area contributed by atoms with Crippen molar-refractivity contribution >= 4 is 11.6 Å². The van der Waals surface area contributed by atoms with Crippen LogP contribution in [0.25, 0.3) is 0 Å². The third-order valence-corrected chi connectivity index (χ3v) is 8.36. The molecular formula is C20H25N3O2. The third kappa shape index (κ3) is 1.57. The molecule has 132 valence electrons. The fourth-order valence-electron chi connectivity index (χ4n) is 8.04. The summed E-state index contributed by atoms with van der Waals surface area (Å²) in [6.45, 7) is 0.449. The summed E-state index contributed by atoms with van der Waals surface area (Å²) in [6, 6.07) is 7.63. The van der Waals surface area contributed by atoms with Gasteiger partial charge in [0.2, 0.25) is 0 Å². The van der Waals surface area contributed by atoms with Gasteiger partial charge in [-0.2, -0.15) is 0 Å². The summed E-state index contributed by atoms with van der Waals surface area (Å²) >= 11 is 0. The van der Waals surface area contributed by atoms with Crippen LogP contribution in [-0.4, -0.2) is 30.3 Å². The van der Waals surface area contributed by atoms with Crippen molar-refractivity contribution in [1.82, 2.24) is 0 Å². The fourth-order valence-corrected chi connectivity index (χ4v) is 8.04. The van der Waals surface area contributed by atoms with E-state index in [9.17, 15) is 5.11 Å². The lowest BCUT2D eigenvalue weighted by atomic mass is 9.56. The van der Waals surface area contributed by atoms with E-state index < -0.39 is 5.60 Å². The number of anilines is 1. The number of methoxy groups -OCH3 is 1. The highest BCUT2D eigenvalue weighted by Crippen LogP contribution is 2.85. The molecule has 0 saturated heterocycles. The molecule has 0 radical (unpaired) electrons. The van der Waals surface area contributed by atoms with Crippen molar-refractivity contribution in [3.8, 4) is 5.75 Å². The Morgan fingerprint density at radius 1 is 1.24 bits per heavy atom. The Kier molecular flexibility index (Phi) is 2.60. The van der Waals surface area contributed by atoms with E-state index in [0.29, 0.717) is 24.3 Å². The average Bonchev–Trinajstić information content (AvgIpc) is 3.12. The monoisotopic (exact) mass is 339 g/mol. The van der Waals surface area contributed by atoms with Crippen molar-refractivity contribution < 1.29 is 9.84 Å². The van der Waals surface area contributed by atoms with Gasteiger partial charge in [-0.25, -0.2) is 0 Å². The Bertz CT molecular complexity index is 774. The molecule has 5 aliphatic rings. The molecule has 5 saturated carbocycles. The molecule has 5 heteroatoms. The van der Waals surface area contributed by atoms with Crippen molar-refractivity contribution in [2.75, 3.05) is 19.0 Å². The lowest BCUT2D eigenvalue weighted by molar-refractivity contribution is -0.123. The smallest absolute Gasteiger partial charge is 0.193 e. The number of rotatable bonds is 4. The molecule has 5 nitrogen and oxygen atoms in total. The van der Waals surface area contributed by atoms with Gasteiger partial charge in [0.25, 0.3) is 0 Å². The Morgan fingerprint density at radius 2 is 2.04 bits per heavy atom. The first kappa shape index (κ1) is 14.4. The van der Waals surface area contributed by atoms with E-state index in [2.05, 4.69) is 10.3 Å². The first-order valence-electron chi connectivity index (χ1n) is 9.55. The van der Waals surface area contributed by atoms with Gasteiger partial charge >= 0.3 is 0 Å². The molecule has 0 heterocycles. The number of fused-ring (bicyclic) bond motifs is 2. The molecule has 4 N–H and O–H groups in total. The van der Waals surface area contributed by atoms with Crippen LogP contribution < -0.4 is 15.8 Å². The van der Waals surface area contributed by atoms with E-state index >= 15 is 0 Å². The lowest BCUT2D eigenvalue weighted by Crippen LogP contribution is -2.56. The van der Waals surface area contributed by atoms with Gasteiger partial charge in [0.1, 0.15) is 5.75 Å². The zero-order chi connectivity index (χ0) is 16.9. The van der Waals surface area contributed by atoms with Crippen molar-refractivity contribution in [3.05, 3.63) is 24.3 Å². The van der Waals surface area contributed by atoms with Crippen LogP contribution in [0, 0.1) is 47.3 Å². The Balaban J connectivity index is 1.22. The van der Waals surface area contributed by atoms with Gasteiger partial charge in [-0.1, -0.05) is 6.07 Å². The highest BCUT2D eigenvalue weighted by Gasteiger charge is 2.84. The zero-order valence-electron chi connectivity index (χ0n) is 14.4. The van der Waals surface area contributed by atoms with Gasteiger partial charge in [0.05, 0.1) is 19.3 Å². The second-order valence-electron chi connectivity index (χ2n) is 8.88. The van der Waals surface area contributed by atoms with Gasteiger partial charge in [-0.3, -0.25) is 4.99 Å². The number of aliphatic hydroxyl groups is 1. The summed E-state index contributed by atoms with van der Waals surface area (Å²) in [5.41, 5.74) is 6.36. The molecule has 0 spiro atoms. The predicted octanol–water partition coefficient (Wildman–Crippen LogP) is 1.93. The Morgan fingerprint density at radius 3 is 2.88 bits per heavy atom. The number of hydrogen-bond acceptors (Lipinski definition) is 3. The number of ether oxygens (including phenoxy) is 1. The van der Waals surface area contributed by atoms with Gasteiger partial charge in [-0.05, 0) is 72.3 Å². The minimum atomic E-state index is -0.606. The van der Waals surface area contributed by atoms with Crippen LogP contribution in [0.3, 0.4) is 0 Å². The molecule has 1 aromatic rings. The maximum atomic E-state index is 11.6. The van der Waals surface area contributed by atoms with Crippen LogP contribution >= 0.6 is 0 Å². The molecule has 0 aromatic heterocycles. The van der Waals surface area contributed by atoms with Crippen LogP contribution in [0.5, 0.6) is 5.75 Å². The second-order valence-corrected chi connectivity index (χ2v) is 8.88. The summed E-state index contributed by atoms with van der Waals surface area (Å²) in [7, 11) is 1.65. The SMILES string of the molecule is COc1cccc(NC(N)=NCC2(O)C3C4CC5C6C4CC3C6C52)c1. The van der Waals surface area contributed by atoms with Crippen molar-refractivity contribution in [3.63, 3.8) is 0 Å². The molecule has 25 heavy (non-hydrogen) atoms. The molecule has 9 atom stereocenters. The Labute approximate surface area is 147 Å². The molecule has 0 amide bonds. The number of hydrogen-bond donors (Lipinski definition) is 3. The van der Waals surface area contributed by atoms with Crippen LogP contribution in [-0.2, 0) is 0 Å². The van der Waals surface area contributed by atoms with E-state index in [-0.39, 0.29) is 0 Å². The normalized spacial score (nSPS) is 50.4. The first-order valence-corrected chi connectivity index (χ1v) is 9.55. The average molecular weight is 339 g/mol. The van der Waals surface area contributed by atoms with E-state index in [1.807, 2.05) is 24.3 Å². The molecule has 0 aliphatic heterocycles. The van der Waals surface area contributed by atoms with E-state index in [4.69, 9.17) is 10.5 Å². The number of benzene rings is 1.